The van der Waals surface area contributed by atoms with Crippen LogP contribution in [0, 0.1) is 18.4 Å². The van der Waals surface area contributed by atoms with Crippen LogP contribution < -0.4 is 0 Å². The molecule has 0 fully saturated rings. The molecule has 1 radical (unpaired) electrons. The monoisotopic (exact) mass is 203 g/mol. The summed E-state index contributed by atoms with van der Waals surface area (Å²) in [4.78, 5) is 0. The Morgan fingerprint density at radius 1 is 0.812 bits per heavy atom. The van der Waals surface area contributed by atoms with Crippen molar-refractivity contribution in [2.75, 3.05) is 0 Å². The molecule has 0 aliphatic heterocycles. The Balaban J connectivity index is 2.34. The van der Waals surface area contributed by atoms with Crippen molar-refractivity contribution in [3.63, 3.8) is 0 Å². The summed E-state index contributed by atoms with van der Waals surface area (Å²) in [5, 5.41) is 0. The molecule has 0 saturated heterocycles. The van der Waals surface area contributed by atoms with E-state index in [0.717, 1.165) is 16.7 Å². The van der Waals surface area contributed by atoms with Gasteiger partial charge in [-0.05, 0) is 23.8 Å². The fourth-order valence-electron chi connectivity index (χ4n) is 1.42. The van der Waals surface area contributed by atoms with Crippen LogP contribution in [0.3, 0.4) is 0 Å². The zero-order chi connectivity index (χ0) is 11.2. The summed E-state index contributed by atoms with van der Waals surface area (Å²) in [6.07, 6.45) is 1.58. The van der Waals surface area contributed by atoms with Crippen LogP contribution in [-0.2, 0) is 0 Å². The average Bonchev–Trinajstić information content (AvgIpc) is 2.38. The lowest BCUT2D eigenvalue weighted by atomic mass is 10.1. The van der Waals surface area contributed by atoms with E-state index in [1.165, 1.54) is 0 Å². The zero-order valence-corrected chi connectivity index (χ0v) is 8.85. The van der Waals surface area contributed by atoms with Gasteiger partial charge in [-0.25, -0.2) is 0 Å². The van der Waals surface area contributed by atoms with Crippen LogP contribution in [0.5, 0.6) is 0 Å². The number of hydrogen-bond donors (Lipinski definition) is 0. The smallest absolute Gasteiger partial charge is 0.0321 e. The molecule has 16 heavy (non-hydrogen) atoms. The maximum atomic E-state index is 5.53. The van der Waals surface area contributed by atoms with Crippen molar-refractivity contribution >= 4 is 6.08 Å². The Morgan fingerprint density at radius 2 is 1.50 bits per heavy atom. The number of hydrogen-bond acceptors (Lipinski definition) is 0. The summed E-state index contributed by atoms with van der Waals surface area (Å²) in [5.41, 5.74) is 2.93. The standard InChI is InChI=1S/C16H11/c1-2-15-10-6-7-11-16(15)13-12-14-8-4-3-5-9-14/h1-11H. The normalized spacial score (nSPS) is 9.00. The first kappa shape index (κ1) is 10.3. The van der Waals surface area contributed by atoms with E-state index in [4.69, 9.17) is 6.58 Å². The van der Waals surface area contributed by atoms with Gasteiger partial charge >= 0.3 is 0 Å². The Morgan fingerprint density at radius 3 is 2.25 bits per heavy atom. The summed E-state index contributed by atoms with van der Waals surface area (Å²) in [6.45, 7) is 5.53. The molecule has 75 valence electrons. The second-order valence-electron chi connectivity index (χ2n) is 3.37. The Labute approximate surface area is 96.3 Å². The van der Waals surface area contributed by atoms with E-state index in [1.807, 2.05) is 54.6 Å². The second kappa shape index (κ2) is 5.00. The quantitative estimate of drug-likeness (QED) is 0.622. The second-order valence-corrected chi connectivity index (χ2v) is 3.37. The van der Waals surface area contributed by atoms with Gasteiger partial charge in [0.2, 0.25) is 0 Å². The van der Waals surface area contributed by atoms with E-state index in [9.17, 15) is 0 Å². The molecule has 0 aromatic heterocycles. The topological polar surface area (TPSA) is 0 Å². The molecule has 0 N–H and O–H groups in total. The molecule has 0 unspecified atom stereocenters. The van der Waals surface area contributed by atoms with Crippen LogP contribution in [0.25, 0.3) is 6.08 Å². The SMILES string of the molecule is [CH]=Cc1ccccc1C#Cc1ccccc1. The van der Waals surface area contributed by atoms with Crippen molar-refractivity contribution in [2.24, 2.45) is 0 Å². The van der Waals surface area contributed by atoms with Gasteiger partial charge in [-0.15, -0.1) is 0 Å². The molecule has 0 amide bonds. The van der Waals surface area contributed by atoms with Crippen molar-refractivity contribution in [1.82, 2.24) is 0 Å². The average molecular weight is 203 g/mol. The molecule has 0 saturated carbocycles. The lowest BCUT2D eigenvalue weighted by Gasteiger charge is -1.96. The van der Waals surface area contributed by atoms with Crippen molar-refractivity contribution in [3.05, 3.63) is 77.9 Å². The van der Waals surface area contributed by atoms with E-state index < -0.39 is 0 Å². The summed E-state index contributed by atoms with van der Waals surface area (Å²) in [5.74, 6) is 6.23. The molecule has 2 aromatic rings. The minimum atomic E-state index is 0.953. The molecule has 2 rings (SSSR count). The summed E-state index contributed by atoms with van der Waals surface area (Å²) >= 11 is 0. The van der Waals surface area contributed by atoms with Gasteiger partial charge in [0.15, 0.2) is 0 Å². The maximum Gasteiger partial charge on any atom is 0.0321 e. The van der Waals surface area contributed by atoms with Crippen LogP contribution in [0.4, 0.5) is 0 Å². The highest BCUT2D eigenvalue weighted by Crippen LogP contribution is 2.08. The minimum Gasteiger partial charge on any atom is -0.0622 e. The molecular formula is C16H11. The van der Waals surface area contributed by atoms with Crippen molar-refractivity contribution in [1.29, 1.82) is 0 Å². The third kappa shape index (κ3) is 2.40. The molecule has 2 aromatic carbocycles. The van der Waals surface area contributed by atoms with Gasteiger partial charge in [0.1, 0.15) is 0 Å². The first-order chi connectivity index (χ1) is 7.90. The van der Waals surface area contributed by atoms with Gasteiger partial charge in [0, 0.05) is 11.1 Å². The fourth-order valence-corrected chi connectivity index (χ4v) is 1.42. The van der Waals surface area contributed by atoms with E-state index in [-0.39, 0.29) is 0 Å². The first-order valence-corrected chi connectivity index (χ1v) is 5.11. The molecule has 0 atom stereocenters. The molecule has 0 spiro atoms. The van der Waals surface area contributed by atoms with Crippen LogP contribution in [0.1, 0.15) is 16.7 Å². The number of benzene rings is 2. The lowest BCUT2D eigenvalue weighted by Crippen LogP contribution is -1.80. The van der Waals surface area contributed by atoms with E-state index in [1.54, 1.807) is 6.08 Å². The molecular weight excluding hydrogens is 192 g/mol. The van der Waals surface area contributed by atoms with E-state index in [0.29, 0.717) is 0 Å². The molecule has 0 bridgehead atoms. The molecule has 0 aliphatic carbocycles. The van der Waals surface area contributed by atoms with Crippen LogP contribution >= 0.6 is 0 Å². The highest BCUT2D eigenvalue weighted by Gasteiger charge is 1.92. The van der Waals surface area contributed by atoms with Crippen LogP contribution in [0.15, 0.2) is 54.6 Å². The largest absolute Gasteiger partial charge is 0.0622 e. The minimum absolute atomic E-state index is 0.953. The van der Waals surface area contributed by atoms with E-state index in [2.05, 4.69) is 11.8 Å². The molecule has 0 heteroatoms. The third-order valence-corrected chi connectivity index (χ3v) is 2.26. The number of rotatable bonds is 1. The van der Waals surface area contributed by atoms with Crippen molar-refractivity contribution in [2.45, 2.75) is 0 Å². The van der Waals surface area contributed by atoms with Gasteiger partial charge in [-0.3, -0.25) is 0 Å². The fraction of sp³-hybridized carbons (Fsp3) is 0. The van der Waals surface area contributed by atoms with Crippen molar-refractivity contribution in [3.8, 4) is 11.8 Å². The van der Waals surface area contributed by atoms with Gasteiger partial charge in [-0.1, -0.05) is 60.9 Å². The van der Waals surface area contributed by atoms with Crippen LogP contribution in [-0.4, -0.2) is 0 Å². The maximum absolute atomic E-state index is 5.53. The molecule has 0 aliphatic rings. The van der Waals surface area contributed by atoms with Gasteiger partial charge in [0.05, 0.1) is 0 Å². The first-order valence-electron chi connectivity index (χ1n) is 5.11. The highest BCUT2D eigenvalue weighted by molar-refractivity contribution is 5.58. The van der Waals surface area contributed by atoms with Crippen LogP contribution in [0.2, 0.25) is 0 Å². The lowest BCUT2D eigenvalue weighted by molar-refractivity contribution is 1.59. The Hall–Kier alpha value is -2.26. The predicted octanol–water partition coefficient (Wildman–Crippen LogP) is 3.53. The Bertz CT molecular complexity index is 539. The molecule has 0 heterocycles. The van der Waals surface area contributed by atoms with Crippen molar-refractivity contribution < 1.29 is 0 Å². The van der Waals surface area contributed by atoms with Gasteiger partial charge < -0.3 is 0 Å². The highest BCUT2D eigenvalue weighted by atomic mass is 14.0. The van der Waals surface area contributed by atoms with Gasteiger partial charge in [-0.2, -0.15) is 0 Å². The third-order valence-electron chi connectivity index (χ3n) is 2.26. The summed E-state index contributed by atoms with van der Waals surface area (Å²) < 4.78 is 0. The van der Waals surface area contributed by atoms with Gasteiger partial charge in [0.25, 0.3) is 0 Å². The summed E-state index contributed by atoms with van der Waals surface area (Å²) in [7, 11) is 0. The predicted molar refractivity (Wildman–Crippen MR) is 67.6 cm³/mol. The Kier molecular flexibility index (Phi) is 3.21. The molecule has 0 nitrogen and oxygen atoms in total. The van der Waals surface area contributed by atoms with E-state index >= 15 is 0 Å². The zero-order valence-electron chi connectivity index (χ0n) is 8.85. The summed E-state index contributed by atoms with van der Waals surface area (Å²) in [6, 6.07) is 17.7.